The van der Waals surface area contributed by atoms with E-state index in [0.29, 0.717) is 33.2 Å². The summed E-state index contributed by atoms with van der Waals surface area (Å²) in [6.45, 7) is 3.91. The molecule has 7 nitrogen and oxygen atoms in total. The summed E-state index contributed by atoms with van der Waals surface area (Å²) in [4.78, 5) is 25.2. The standard InChI is InChI=1S/C27H26BrClFN3O4/c1-16(2)24(32-26(34)19-6-10-21(30)11-7-19)27(35)33-31-14-18-12-22(28)25(23(13-18)36-3)37-15-17-4-8-20(29)9-5-17/h4-14,16,24H,15H2,1-3H3,(H,32,34)(H,33,35)/b31-14+. The number of ether oxygens (including phenoxy) is 2. The van der Waals surface area contributed by atoms with Gasteiger partial charge in [0.05, 0.1) is 17.8 Å². The first-order valence-corrected chi connectivity index (χ1v) is 12.5. The largest absolute Gasteiger partial charge is 0.493 e. The van der Waals surface area contributed by atoms with Crippen LogP contribution in [0.1, 0.15) is 35.3 Å². The second kappa shape index (κ2) is 13.2. The van der Waals surface area contributed by atoms with Crippen molar-refractivity contribution in [1.29, 1.82) is 0 Å². The minimum Gasteiger partial charge on any atom is -0.493 e. The highest BCUT2D eigenvalue weighted by molar-refractivity contribution is 9.10. The van der Waals surface area contributed by atoms with Crippen molar-refractivity contribution in [1.82, 2.24) is 10.7 Å². The van der Waals surface area contributed by atoms with Crippen molar-refractivity contribution in [2.45, 2.75) is 26.5 Å². The summed E-state index contributed by atoms with van der Waals surface area (Å²) in [5, 5.41) is 7.34. The van der Waals surface area contributed by atoms with Gasteiger partial charge < -0.3 is 14.8 Å². The Morgan fingerprint density at radius 2 is 1.78 bits per heavy atom. The zero-order chi connectivity index (χ0) is 26.9. The van der Waals surface area contributed by atoms with Gasteiger partial charge in [-0.2, -0.15) is 5.10 Å². The van der Waals surface area contributed by atoms with Gasteiger partial charge in [0, 0.05) is 10.6 Å². The molecule has 10 heteroatoms. The van der Waals surface area contributed by atoms with Crippen molar-refractivity contribution in [2.24, 2.45) is 11.0 Å². The van der Waals surface area contributed by atoms with Gasteiger partial charge in [0.25, 0.3) is 11.8 Å². The van der Waals surface area contributed by atoms with E-state index in [1.54, 1.807) is 38.1 Å². The first-order valence-electron chi connectivity index (χ1n) is 11.3. The molecule has 37 heavy (non-hydrogen) atoms. The molecule has 0 aliphatic rings. The zero-order valence-electron chi connectivity index (χ0n) is 20.4. The number of benzene rings is 3. The minimum absolute atomic E-state index is 0.217. The molecule has 0 radical (unpaired) electrons. The van der Waals surface area contributed by atoms with Gasteiger partial charge in [0.2, 0.25) is 0 Å². The lowest BCUT2D eigenvalue weighted by molar-refractivity contribution is -0.123. The number of nitrogens with one attached hydrogen (secondary N) is 2. The van der Waals surface area contributed by atoms with E-state index < -0.39 is 23.7 Å². The molecular weight excluding hydrogens is 565 g/mol. The average molecular weight is 591 g/mol. The number of nitrogens with zero attached hydrogens (tertiary/aromatic N) is 1. The van der Waals surface area contributed by atoms with Crippen molar-refractivity contribution in [3.05, 3.63) is 92.7 Å². The first kappa shape index (κ1) is 28.1. The molecule has 3 aromatic rings. The summed E-state index contributed by atoms with van der Waals surface area (Å²) in [7, 11) is 1.52. The van der Waals surface area contributed by atoms with E-state index in [1.807, 2.05) is 12.1 Å². The molecule has 194 valence electrons. The number of hydrogen-bond acceptors (Lipinski definition) is 5. The van der Waals surface area contributed by atoms with Crippen molar-refractivity contribution < 1.29 is 23.5 Å². The molecule has 3 aromatic carbocycles. The Bertz CT molecular complexity index is 1270. The molecule has 3 rings (SSSR count). The predicted molar refractivity (Wildman–Crippen MR) is 145 cm³/mol. The number of carbonyl (C=O) groups excluding carboxylic acids is 2. The molecule has 0 spiro atoms. The smallest absolute Gasteiger partial charge is 0.262 e. The molecule has 0 bridgehead atoms. The van der Waals surface area contributed by atoms with E-state index in [1.165, 1.54) is 37.6 Å². The van der Waals surface area contributed by atoms with Crippen LogP contribution in [0.4, 0.5) is 4.39 Å². The van der Waals surface area contributed by atoms with E-state index in [-0.39, 0.29) is 11.5 Å². The van der Waals surface area contributed by atoms with Gasteiger partial charge in [0.15, 0.2) is 11.5 Å². The molecule has 0 fully saturated rings. The van der Waals surface area contributed by atoms with Crippen LogP contribution in [0.2, 0.25) is 5.02 Å². The summed E-state index contributed by atoms with van der Waals surface area (Å²) >= 11 is 9.42. The Morgan fingerprint density at radius 3 is 2.41 bits per heavy atom. The molecule has 0 aliphatic heterocycles. The van der Waals surface area contributed by atoms with E-state index in [2.05, 4.69) is 31.8 Å². The molecule has 0 aromatic heterocycles. The van der Waals surface area contributed by atoms with Gasteiger partial charge in [-0.3, -0.25) is 9.59 Å². The summed E-state index contributed by atoms with van der Waals surface area (Å²) in [5.74, 6) is -0.652. The third-order valence-electron chi connectivity index (χ3n) is 5.28. The van der Waals surface area contributed by atoms with Crippen LogP contribution in [0.3, 0.4) is 0 Å². The SMILES string of the molecule is COc1cc(/C=N/NC(=O)C(NC(=O)c2ccc(F)cc2)C(C)C)cc(Br)c1OCc1ccc(Cl)cc1. The second-order valence-electron chi connectivity index (χ2n) is 8.39. The second-order valence-corrected chi connectivity index (χ2v) is 9.68. The topological polar surface area (TPSA) is 89.0 Å². The van der Waals surface area contributed by atoms with Gasteiger partial charge in [0.1, 0.15) is 18.5 Å². The van der Waals surface area contributed by atoms with Crippen LogP contribution >= 0.6 is 27.5 Å². The minimum atomic E-state index is -0.848. The van der Waals surface area contributed by atoms with Crippen molar-refractivity contribution in [3.63, 3.8) is 0 Å². The fourth-order valence-electron chi connectivity index (χ4n) is 3.29. The van der Waals surface area contributed by atoms with Crippen LogP contribution in [0.25, 0.3) is 0 Å². The molecule has 0 heterocycles. The maximum atomic E-state index is 13.1. The molecular formula is C27H26BrClFN3O4. The van der Waals surface area contributed by atoms with Gasteiger partial charge in [-0.15, -0.1) is 0 Å². The molecule has 2 N–H and O–H groups in total. The van der Waals surface area contributed by atoms with E-state index >= 15 is 0 Å². The molecule has 0 saturated carbocycles. The normalized spacial score (nSPS) is 11.9. The predicted octanol–water partition coefficient (Wildman–Crippen LogP) is 5.73. The lowest BCUT2D eigenvalue weighted by Gasteiger charge is -2.20. The van der Waals surface area contributed by atoms with E-state index in [0.717, 1.165) is 5.56 Å². The number of rotatable bonds is 10. The van der Waals surface area contributed by atoms with Crippen molar-refractivity contribution in [3.8, 4) is 11.5 Å². The Balaban J connectivity index is 1.65. The van der Waals surface area contributed by atoms with Crippen LogP contribution in [0.15, 0.2) is 70.2 Å². The van der Waals surface area contributed by atoms with E-state index in [9.17, 15) is 14.0 Å². The number of carbonyl (C=O) groups is 2. The Labute approximate surface area is 228 Å². The number of methoxy groups -OCH3 is 1. The molecule has 2 amide bonds. The highest BCUT2D eigenvalue weighted by Gasteiger charge is 2.24. The summed E-state index contributed by atoms with van der Waals surface area (Å²) in [6, 6.07) is 15.0. The first-order chi connectivity index (χ1) is 17.7. The zero-order valence-corrected chi connectivity index (χ0v) is 22.8. The molecule has 1 atom stereocenters. The lowest BCUT2D eigenvalue weighted by Crippen LogP contribution is -2.48. The van der Waals surface area contributed by atoms with Crippen LogP contribution in [-0.2, 0) is 11.4 Å². The van der Waals surface area contributed by atoms with Crippen molar-refractivity contribution in [2.75, 3.05) is 7.11 Å². The monoisotopic (exact) mass is 589 g/mol. The van der Waals surface area contributed by atoms with Crippen LogP contribution in [0, 0.1) is 11.7 Å². The molecule has 0 aliphatic carbocycles. The number of halogens is 3. The van der Waals surface area contributed by atoms with Gasteiger partial charge in [-0.05, 0) is 81.5 Å². The van der Waals surface area contributed by atoms with Gasteiger partial charge in [-0.1, -0.05) is 37.6 Å². The average Bonchev–Trinajstić information content (AvgIpc) is 2.87. The molecule has 1 unspecified atom stereocenters. The van der Waals surface area contributed by atoms with Gasteiger partial charge in [-0.25, -0.2) is 9.82 Å². The Kier molecular flexibility index (Phi) is 10.0. The lowest BCUT2D eigenvalue weighted by atomic mass is 10.0. The summed E-state index contributed by atoms with van der Waals surface area (Å²) < 4.78 is 25.2. The van der Waals surface area contributed by atoms with E-state index in [4.69, 9.17) is 21.1 Å². The number of amides is 2. The maximum Gasteiger partial charge on any atom is 0.262 e. The summed E-state index contributed by atoms with van der Waals surface area (Å²) in [5.41, 5.74) is 4.29. The maximum absolute atomic E-state index is 13.1. The molecule has 0 saturated heterocycles. The highest BCUT2D eigenvalue weighted by Crippen LogP contribution is 2.37. The van der Waals surface area contributed by atoms with Gasteiger partial charge >= 0.3 is 0 Å². The van der Waals surface area contributed by atoms with Crippen molar-refractivity contribution >= 4 is 45.6 Å². The van der Waals surface area contributed by atoms with Crippen LogP contribution < -0.4 is 20.2 Å². The fraction of sp³-hybridized carbons (Fsp3) is 0.222. The van der Waals surface area contributed by atoms with Crippen LogP contribution in [-0.4, -0.2) is 31.2 Å². The third kappa shape index (κ3) is 8.03. The Morgan fingerprint density at radius 1 is 1.11 bits per heavy atom. The highest BCUT2D eigenvalue weighted by atomic mass is 79.9. The fourth-order valence-corrected chi connectivity index (χ4v) is 3.99. The Hall–Kier alpha value is -3.43. The summed E-state index contributed by atoms with van der Waals surface area (Å²) in [6.07, 6.45) is 1.45. The quantitative estimate of drug-likeness (QED) is 0.233. The third-order valence-corrected chi connectivity index (χ3v) is 6.12. The number of hydrogen-bond donors (Lipinski definition) is 2. The van der Waals surface area contributed by atoms with Crippen LogP contribution in [0.5, 0.6) is 11.5 Å². The number of hydrazone groups is 1.